The Hall–Kier alpha value is -1.75. The monoisotopic (exact) mass is 317 g/mol. The van der Waals surface area contributed by atoms with E-state index >= 15 is 0 Å². The first kappa shape index (κ1) is 16.6. The molecule has 0 aliphatic heterocycles. The van der Waals surface area contributed by atoms with Crippen LogP contribution in [0.4, 0.5) is 5.82 Å². The van der Waals surface area contributed by atoms with Gasteiger partial charge in [0.05, 0.1) is 6.61 Å². The van der Waals surface area contributed by atoms with E-state index in [1.807, 2.05) is 44.3 Å². The molecular weight excluding hydrogens is 294 g/mol. The van der Waals surface area contributed by atoms with Crippen LogP contribution in [0.5, 0.6) is 5.75 Å². The first-order valence-corrected chi connectivity index (χ1v) is 8.11. The smallest absolute Gasteiger partial charge is 0.194 e. The molecule has 2 rings (SSSR count). The number of hydrogen-bond acceptors (Lipinski definition) is 5. The molecule has 5 heteroatoms. The summed E-state index contributed by atoms with van der Waals surface area (Å²) in [5, 5.41) is 3.79. The van der Waals surface area contributed by atoms with E-state index in [4.69, 9.17) is 4.74 Å². The number of nitrogens with one attached hydrogen (secondary N) is 1. The van der Waals surface area contributed by atoms with Crippen LogP contribution in [-0.2, 0) is 0 Å². The predicted molar refractivity (Wildman–Crippen MR) is 91.8 cm³/mol. The minimum absolute atomic E-state index is 0.159. The van der Waals surface area contributed by atoms with Crippen molar-refractivity contribution in [2.45, 2.75) is 37.7 Å². The molecular formula is C17H23N3OS. The molecule has 1 aromatic carbocycles. The molecule has 0 aliphatic rings. The molecule has 0 fully saturated rings. The SMILES string of the molecule is CNc1cc(C)nc(Sc2ccc(OCC(C)(C)C)cc2)n1. The highest BCUT2D eigenvalue weighted by atomic mass is 32.2. The van der Waals surface area contributed by atoms with Crippen LogP contribution < -0.4 is 10.1 Å². The summed E-state index contributed by atoms with van der Waals surface area (Å²) in [6, 6.07) is 9.97. The van der Waals surface area contributed by atoms with Crippen LogP contribution in [0.2, 0.25) is 0 Å². The molecule has 0 saturated heterocycles. The van der Waals surface area contributed by atoms with Gasteiger partial charge in [-0.15, -0.1) is 0 Å². The van der Waals surface area contributed by atoms with Crippen molar-refractivity contribution >= 4 is 17.6 Å². The number of aromatic nitrogens is 2. The second-order valence-electron chi connectivity index (χ2n) is 6.35. The average molecular weight is 317 g/mol. The lowest BCUT2D eigenvalue weighted by Crippen LogP contribution is -2.16. The summed E-state index contributed by atoms with van der Waals surface area (Å²) in [5.74, 6) is 1.72. The Morgan fingerprint density at radius 1 is 1.14 bits per heavy atom. The normalized spacial score (nSPS) is 11.3. The first-order chi connectivity index (χ1) is 10.4. The van der Waals surface area contributed by atoms with Gasteiger partial charge in [0, 0.05) is 23.7 Å². The van der Waals surface area contributed by atoms with Crippen LogP contribution in [0.1, 0.15) is 26.5 Å². The number of ether oxygens (including phenoxy) is 1. The predicted octanol–water partition coefficient (Wildman–Crippen LogP) is 4.40. The number of nitrogens with zero attached hydrogens (tertiary/aromatic N) is 2. The topological polar surface area (TPSA) is 47.0 Å². The van der Waals surface area contributed by atoms with E-state index in [2.05, 4.69) is 36.1 Å². The van der Waals surface area contributed by atoms with Crippen LogP contribution in [0.25, 0.3) is 0 Å². The van der Waals surface area contributed by atoms with Crippen molar-refractivity contribution in [2.24, 2.45) is 5.41 Å². The summed E-state index contributed by atoms with van der Waals surface area (Å²) >= 11 is 1.55. The Morgan fingerprint density at radius 2 is 1.82 bits per heavy atom. The van der Waals surface area contributed by atoms with E-state index in [-0.39, 0.29) is 5.41 Å². The Labute approximate surface area is 136 Å². The summed E-state index contributed by atoms with van der Waals surface area (Å²) in [5.41, 5.74) is 1.11. The van der Waals surface area contributed by atoms with Gasteiger partial charge < -0.3 is 10.1 Å². The molecule has 2 aromatic rings. The highest BCUT2D eigenvalue weighted by Crippen LogP contribution is 2.28. The van der Waals surface area contributed by atoms with E-state index in [0.717, 1.165) is 27.3 Å². The number of anilines is 1. The molecule has 0 atom stereocenters. The largest absolute Gasteiger partial charge is 0.493 e. The Morgan fingerprint density at radius 3 is 2.41 bits per heavy atom. The molecule has 1 heterocycles. The molecule has 4 nitrogen and oxygen atoms in total. The first-order valence-electron chi connectivity index (χ1n) is 7.30. The van der Waals surface area contributed by atoms with Crippen molar-refractivity contribution in [1.29, 1.82) is 0 Å². The van der Waals surface area contributed by atoms with E-state index in [1.54, 1.807) is 11.8 Å². The number of aryl methyl sites for hydroxylation is 1. The second kappa shape index (κ2) is 7.01. The summed E-state index contributed by atoms with van der Waals surface area (Å²) < 4.78 is 5.78. The Balaban J connectivity index is 2.03. The lowest BCUT2D eigenvalue weighted by Gasteiger charge is -2.18. The standard InChI is InChI=1S/C17H23N3OS/c1-12-10-15(18-5)20-16(19-12)22-14-8-6-13(7-9-14)21-11-17(2,3)4/h6-10H,11H2,1-5H3,(H,18,19,20). The van der Waals surface area contributed by atoms with Crippen LogP contribution >= 0.6 is 11.8 Å². The second-order valence-corrected chi connectivity index (χ2v) is 7.39. The maximum Gasteiger partial charge on any atom is 0.194 e. The van der Waals surface area contributed by atoms with Crippen molar-refractivity contribution < 1.29 is 4.74 Å². The zero-order chi connectivity index (χ0) is 16.2. The van der Waals surface area contributed by atoms with Gasteiger partial charge in [0.15, 0.2) is 5.16 Å². The minimum Gasteiger partial charge on any atom is -0.493 e. The maximum absolute atomic E-state index is 5.78. The van der Waals surface area contributed by atoms with Crippen LogP contribution in [0.15, 0.2) is 40.4 Å². The molecule has 0 unspecified atom stereocenters. The van der Waals surface area contributed by atoms with Crippen molar-refractivity contribution in [3.8, 4) is 5.75 Å². The van der Waals surface area contributed by atoms with Gasteiger partial charge in [0.2, 0.25) is 0 Å². The summed E-state index contributed by atoms with van der Waals surface area (Å²) in [4.78, 5) is 9.99. The third-order valence-corrected chi connectivity index (χ3v) is 3.67. The minimum atomic E-state index is 0.159. The van der Waals surface area contributed by atoms with E-state index in [1.165, 1.54) is 0 Å². The summed E-state index contributed by atoms with van der Waals surface area (Å²) in [7, 11) is 1.86. The fourth-order valence-corrected chi connectivity index (χ4v) is 2.54. The van der Waals surface area contributed by atoms with E-state index in [0.29, 0.717) is 6.61 Å². The molecule has 0 bridgehead atoms. The molecule has 0 saturated carbocycles. The van der Waals surface area contributed by atoms with Gasteiger partial charge in [-0.25, -0.2) is 9.97 Å². The summed E-state index contributed by atoms with van der Waals surface area (Å²) in [6.45, 7) is 9.14. The van der Waals surface area contributed by atoms with Gasteiger partial charge in [0.1, 0.15) is 11.6 Å². The third kappa shape index (κ3) is 5.22. The molecule has 22 heavy (non-hydrogen) atoms. The van der Waals surface area contributed by atoms with E-state index < -0.39 is 0 Å². The van der Waals surface area contributed by atoms with Crippen LogP contribution in [-0.4, -0.2) is 23.6 Å². The number of hydrogen-bond donors (Lipinski definition) is 1. The van der Waals surface area contributed by atoms with Crippen molar-refractivity contribution in [3.63, 3.8) is 0 Å². The molecule has 1 N–H and O–H groups in total. The zero-order valence-corrected chi connectivity index (χ0v) is 14.6. The molecule has 0 spiro atoms. The zero-order valence-electron chi connectivity index (χ0n) is 13.8. The van der Waals surface area contributed by atoms with Gasteiger partial charge >= 0.3 is 0 Å². The fourth-order valence-electron chi connectivity index (χ4n) is 1.72. The van der Waals surface area contributed by atoms with Gasteiger partial charge in [-0.3, -0.25) is 0 Å². The number of rotatable bonds is 5. The van der Waals surface area contributed by atoms with Gasteiger partial charge in [0.25, 0.3) is 0 Å². The fraction of sp³-hybridized carbons (Fsp3) is 0.412. The highest BCUT2D eigenvalue weighted by Gasteiger charge is 2.11. The lowest BCUT2D eigenvalue weighted by molar-refractivity contribution is 0.198. The quantitative estimate of drug-likeness (QED) is 0.828. The molecule has 118 valence electrons. The van der Waals surface area contributed by atoms with Crippen LogP contribution in [0, 0.1) is 12.3 Å². The lowest BCUT2D eigenvalue weighted by atomic mass is 9.99. The highest BCUT2D eigenvalue weighted by molar-refractivity contribution is 7.99. The average Bonchev–Trinajstić information content (AvgIpc) is 2.45. The summed E-state index contributed by atoms with van der Waals surface area (Å²) in [6.07, 6.45) is 0. The molecule has 0 aliphatic carbocycles. The molecule has 0 radical (unpaired) electrons. The van der Waals surface area contributed by atoms with Gasteiger partial charge in [-0.05, 0) is 48.4 Å². The molecule has 0 amide bonds. The van der Waals surface area contributed by atoms with Crippen molar-refractivity contribution in [3.05, 3.63) is 36.0 Å². The van der Waals surface area contributed by atoms with Gasteiger partial charge in [-0.2, -0.15) is 0 Å². The Kier molecular flexibility index (Phi) is 5.29. The van der Waals surface area contributed by atoms with E-state index in [9.17, 15) is 0 Å². The maximum atomic E-state index is 5.78. The Bertz CT molecular complexity index is 621. The van der Waals surface area contributed by atoms with Crippen LogP contribution in [0.3, 0.4) is 0 Å². The molecule has 1 aromatic heterocycles. The van der Waals surface area contributed by atoms with Crippen molar-refractivity contribution in [1.82, 2.24) is 9.97 Å². The van der Waals surface area contributed by atoms with Gasteiger partial charge in [-0.1, -0.05) is 20.8 Å². The number of benzene rings is 1. The third-order valence-electron chi connectivity index (χ3n) is 2.79. The van der Waals surface area contributed by atoms with Crippen molar-refractivity contribution in [2.75, 3.05) is 19.0 Å².